The van der Waals surface area contributed by atoms with Gasteiger partial charge in [0.15, 0.2) is 0 Å². The largest absolute Gasteiger partial charge is 0.481 e. The Morgan fingerprint density at radius 2 is 0.584 bits per heavy atom. The highest BCUT2D eigenvalue weighted by Gasteiger charge is 2.38. The van der Waals surface area contributed by atoms with Crippen molar-refractivity contribution in [3.63, 3.8) is 0 Å². The average molecular weight is 1450 g/mol. The molecule has 0 aromatic rings. The summed E-state index contributed by atoms with van der Waals surface area (Å²) in [6.07, 6.45) is -14.6. The lowest BCUT2D eigenvalue weighted by Gasteiger charge is -2.28. The number of likely N-dealkylation sites (tertiary alicyclic amines) is 1. The zero-order chi connectivity index (χ0) is 76.6. The molecule has 10 atom stereocenters. The van der Waals surface area contributed by atoms with E-state index in [-0.39, 0.29) is 26.1 Å². The van der Waals surface area contributed by atoms with Crippen molar-refractivity contribution in [1.29, 1.82) is 0 Å². The Balaban J connectivity index is 3.67. The van der Waals surface area contributed by atoms with Gasteiger partial charge in [0.05, 0.1) is 6.61 Å². The second kappa shape index (κ2) is 46.2. The van der Waals surface area contributed by atoms with E-state index in [1.54, 1.807) is 0 Å². The van der Waals surface area contributed by atoms with E-state index in [0.29, 0.717) is 12.8 Å². The van der Waals surface area contributed by atoms with Crippen LogP contribution >= 0.6 is 0 Å². The molecule has 20 N–H and O–H groups in total. The molecule has 12 amide bonds. The molecule has 0 bridgehead atoms. The lowest BCUT2D eigenvalue weighted by Crippen LogP contribution is -2.60. The Bertz CT molecular complexity index is 3040. The number of hydrogen-bond acceptors (Lipinski definition) is 22. The van der Waals surface area contributed by atoms with Crippen molar-refractivity contribution in [1.82, 2.24) is 63.4 Å². The third kappa shape index (κ3) is 36.3. The number of likely N-dealkylation sites (N-methyl/N-ethyl adjacent to an activating group) is 1. The minimum absolute atomic E-state index is 0.205. The summed E-state index contributed by atoms with van der Waals surface area (Å²) in [5.41, 5.74) is 0. The van der Waals surface area contributed by atoms with Crippen LogP contribution in [-0.4, -0.2) is 269 Å². The summed E-state index contributed by atoms with van der Waals surface area (Å²) in [5, 5.41) is 109. The maximum Gasteiger partial charge on any atom is 0.303 e. The van der Waals surface area contributed by atoms with Gasteiger partial charge in [0, 0.05) is 84.3 Å². The normalized spacial score (nSPS) is 15.0. The molecule has 1 heterocycles. The fourth-order valence-electron chi connectivity index (χ4n) is 9.42. The molecule has 0 aromatic heterocycles. The fraction of sp³-hybridized carbons (Fsp3) is 0.638. The summed E-state index contributed by atoms with van der Waals surface area (Å²) in [6.45, 7) is 0.464. The molecule has 1 unspecified atom stereocenters. The smallest absolute Gasteiger partial charge is 0.303 e. The van der Waals surface area contributed by atoms with E-state index in [2.05, 4.69) is 58.5 Å². The number of hydrogen-bond donors (Lipinski definition) is 20. The zero-order valence-corrected chi connectivity index (χ0v) is 54.9. The lowest BCUT2D eigenvalue weighted by molar-refractivity contribution is -0.142. The summed E-state index contributed by atoms with van der Waals surface area (Å²) in [5.74, 6) is -28.3. The molecule has 1 saturated heterocycles. The van der Waals surface area contributed by atoms with Crippen LogP contribution in [0.5, 0.6) is 0 Å². The second-order valence-corrected chi connectivity index (χ2v) is 22.6. The lowest BCUT2D eigenvalue weighted by atomic mass is 10.0. The number of aliphatic carboxylic acids is 9. The quantitative estimate of drug-likeness (QED) is 0.0252. The monoisotopic (exact) mass is 1450 g/mol. The number of carboxylic acids is 9. The molecule has 1 aliphatic heterocycles. The van der Waals surface area contributed by atoms with Gasteiger partial charge in [-0.15, -0.1) is 0 Å². The van der Waals surface area contributed by atoms with E-state index >= 15 is 0 Å². The molecular weight excluding hydrogens is 1360 g/mol. The van der Waals surface area contributed by atoms with Crippen LogP contribution in [0.25, 0.3) is 0 Å². The van der Waals surface area contributed by atoms with Gasteiger partial charge >= 0.3 is 53.7 Å². The van der Waals surface area contributed by atoms with E-state index in [1.807, 2.05) is 0 Å². The first-order chi connectivity index (χ1) is 47.4. The predicted octanol–water partition coefficient (Wildman–Crippen LogP) is -6.59. The second-order valence-electron chi connectivity index (χ2n) is 22.6. The fourth-order valence-corrected chi connectivity index (χ4v) is 9.42. The first kappa shape index (κ1) is 87.8. The van der Waals surface area contributed by atoms with Crippen LogP contribution in [-0.2, 0) is 105 Å². The van der Waals surface area contributed by atoms with Crippen LogP contribution in [0.2, 0.25) is 0 Å². The van der Waals surface area contributed by atoms with Crippen LogP contribution < -0.4 is 58.5 Å². The Kier molecular flexibility index (Phi) is 40.2. The zero-order valence-electron chi connectivity index (χ0n) is 54.9. The number of carboxylic acid groups (broad SMARTS) is 9. The van der Waals surface area contributed by atoms with E-state index in [4.69, 9.17) is 4.74 Å². The van der Waals surface area contributed by atoms with Gasteiger partial charge < -0.3 is 114 Å². The minimum Gasteiger partial charge on any atom is -0.481 e. The SMILES string of the molecule is CCC(=O)N[C@H](CCC(=O)O)C(=O)NC(CCC(=O)O)C(=O)N[C@H](CCC(=O)O)C(=O)N[C@H](CCC(=O)O)C(=O)N[C@H](CCC(=O)O)C(=O)N[C@H](CCC(=O)O)C(=O)N[C@H](CCC(=O)O)C(=O)N[C@H](CCC(=O)O)C(=O)N[C@H](CCC(=O)O)C(=O)NCCOCC(=O)N1CCC[C@H]1C(=O)NC. The third-order valence-corrected chi connectivity index (χ3v) is 14.8. The van der Waals surface area contributed by atoms with Gasteiger partial charge in [-0.2, -0.15) is 0 Å². The molecule has 1 aliphatic rings. The van der Waals surface area contributed by atoms with Crippen LogP contribution in [0.3, 0.4) is 0 Å². The molecule has 0 aliphatic carbocycles. The molecule has 43 nitrogen and oxygen atoms in total. The van der Waals surface area contributed by atoms with Gasteiger partial charge in [0.1, 0.15) is 67.0 Å². The van der Waals surface area contributed by atoms with Gasteiger partial charge in [-0.05, 0) is 70.6 Å². The third-order valence-electron chi connectivity index (χ3n) is 14.8. The molecule has 43 heteroatoms. The van der Waals surface area contributed by atoms with Crippen molar-refractivity contribution < 1.29 is 151 Å². The van der Waals surface area contributed by atoms with Gasteiger partial charge in [0.2, 0.25) is 70.9 Å². The van der Waals surface area contributed by atoms with E-state index in [1.165, 1.54) is 18.9 Å². The van der Waals surface area contributed by atoms with E-state index in [9.17, 15) is 147 Å². The van der Waals surface area contributed by atoms with Gasteiger partial charge in [-0.25, -0.2) is 0 Å². The molecular formula is C58H86N12O31. The number of carbonyl (C=O) groups excluding carboxylic acids is 12. The van der Waals surface area contributed by atoms with Crippen molar-refractivity contribution in [2.75, 3.05) is 33.4 Å². The van der Waals surface area contributed by atoms with Crippen molar-refractivity contribution in [2.45, 2.75) is 202 Å². The molecule has 1 rings (SSSR count). The van der Waals surface area contributed by atoms with Crippen LogP contribution in [0.1, 0.15) is 142 Å². The number of carbonyl (C=O) groups is 21. The topological polar surface area (TPSA) is 685 Å². The summed E-state index contributed by atoms with van der Waals surface area (Å²) >= 11 is 0. The number of rotatable bonds is 52. The van der Waals surface area contributed by atoms with E-state index < -0.39 is 307 Å². The molecule has 0 radical (unpaired) electrons. The Morgan fingerprint density at radius 1 is 0.356 bits per heavy atom. The molecule has 0 saturated carbocycles. The first-order valence-electron chi connectivity index (χ1n) is 31.4. The minimum atomic E-state index is -2.17. The Morgan fingerprint density at radius 3 is 0.802 bits per heavy atom. The number of nitrogens with zero attached hydrogens (tertiary/aromatic N) is 1. The summed E-state index contributed by atoms with van der Waals surface area (Å²) in [6, 6.07) is -18.7. The number of ether oxygens (including phenoxy) is 1. The highest BCUT2D eigenvalue weighted by Crippen LogP contribution is 2.18. The maximum atomic E-state index is 14.2. The summed E-state index contributed by atoms with van der Waals surface area (Å²) in [4.78, 5) is 269. The number of nitrogens with one attached hydrogen (secondary N) is 11. The van der Waals surface area contributed by atoms with Crippen molar-refractivity contribution in [2.24, 2.45) is 0 Å². The summed E-state index contributed by atoms with van der Waals surface area (Å²) in [7, 11) is 1.40. The van der Waals surface area contributed by atoms with Gasteiger partial charge in [-0.3, -0.25) is 101 Å². The van der Waals surface area contributed by atoms with Crippen LogP contribution in [0, 0.1) is 0 Å². The van der Waals surface area contributed by atoms with Crippen LogP contribution in [0.15, 0.2) is 0 Å². The first-order valence-corrected chi connectivity index (χ1v) is 31.4. The average Bonchev–Trinajstić information content (AvgIpc) is 1.85. The maximum absolute atomic E-state index is 14.2. The molecule has 1 fully saturated rings. The van der Waals surface area contributed by atoms with Gasteiger partial charge in [0.25, 0.3) is 0 Å². The highest BCUT2D eigenvalue weighted by molar-refractivity contribution is 5.99. The molecule has 101 heavy (non-hydrogen) atoms. The number of amides is 12. The highest BCUT2D eigenvalue weighted by atomic mass is 16.5. The Hall–Kier alpha value is -11.2. The van der Waals surface area contributed by atoms with Crippen molar-refractivity contribution in [3.05, 3.63) is 0 Å². The van der Waals surface area contributed by atoms with Crippen molar-refractivity contribution in [3.8, 4) is 0 Å². The predicted molar refractivity (Wildman–Crippen MR) is 332 cm³/mol. The van der Waals surface area contributed by atoms with E-state index in [0.717, 1.165) is 0 Å². The summed E-state index contributed by atoms with van der Waals surface area (Å²) < 4.78 is 5.34. The Labute approximate surface area is 573 Å². The molecule has 564 valence electrons. The van der Waals surface area contributed by atoms with Gasteiger partial charge in [-0.1, -0.05) is 6.92 Å². The van der Waals surface area contributed by atoms with Crippen LogP contribution in [0.4, 0.5) is 0 Å². The molecule has 0 aromatic carbocycles. The standard InChI is InChI=1S/C58H86N12O31/c1-3-38(71)61-29(7-16-41(75)76)50(92)63-31(9-18-43(79)80)52(94)65-33(11-20-45(83)84)54(96)67-35(13-22-47(87)88)56(98)69-36(14-23-48(89)90)57(99)68-34(12-21-46(85)86)55(97)66-32(10-19-44(81)82)53(95)64-30(8-17-42(77)78)51(93)62-28(6-15-40(73)74)49(91)60-24-26-101-27-39(72)70-25-4-5-37(70)58(100)59-2/h28-37H,3-27H2,1-2H3,(H,59,100)(H,60,91)(H,61,71)(H,62,93)(H,63,92)(H,64,95)(H,65,94)(H,66,97)(H,67,96)(H,68,99)(H,69,98)(H,73,74)(H,75,76)(H,77,78)(H,79,80)(H,81,82)(H,83,84)(H,85,86)(H,87,88)(H,89,90)/t28-,29-,30-,31?,32-,33-,34-,35-,36-,37+/m1/s1. The molecule has 0 spiro atoms. The van der Waals surface area contributed by atoms with Crippen molar-refractivity contribution >= 4 is 125 Å².